The molecule has 5 heteroatoms. The van der Waals surface area contributed by atoms with Crippen LogP contribution in [0, 0.1) is 0 Å². The molecule has 0 radical (unpaired) electrons. The Hall–Kier alpha value is -2.66. The van der Waals surface area contributed by atoms with E-state index in [2.05, 4.69) is 22.8 Å². The van der Waals surface area contributed by atoms with Gasteiger partial charge in [-0.3, -0.25) is 9.59 Å². The minimum atomic E-state index is -0.0582. The van der Waals surface area contributed by atoms with E-state index in [1.807, 2.05) is 61.5 Å². The number of carbonyl (C=O) groups excluding carboxylic acids is 2. The molecule has 0 aliphatic carbocycles. The lowest BCUT2D eigenvalue weighted by molar-refractivity contribution is -0.121. The first kappa shape index (κ1) is 19.7. The summed E-state index contributed by atoms with van der Waals surface area (Å²) in [5.41, 5.74) is 2.96. The number of carbonyl (C=O) groups is 2. The zero-order valence-electron chi connectivity index (χ0n) is 15.5. The van der Waals surface area contributed by atoms with Gasteiger partial charge in [-0.25, -0.2) is 0 Å². The van der Waals surface area contributed by atoms with Crippen LogP contribution >= 0.6 is 0 Å². The molecule has 138 valence electrons. The van der Waals surface area contributed by atoms with E-state index in [9.17, 15) is 9.59 Å². The number of aryl methyl sites for hydroxylation is 1. The molecule has 0 saturated carbocycles. The summed E-state index contributed by atoms with van der Waals surface area (Å²) in [7, 11) is 3.70. The molecule has 0 bridgehead atoms. The van der Waals surface area contributed by atoms with Crippen molar-refractivity contribution >= 4 is 17.5 Å². The van der Waals surface area contributed by atoms with Gasteiger partial charge in [0.05, 0.1) is 6.54 Å². The normalized spacial score (nSPS) is 10.6. The van der Waals surface area contributed by atoms with Gasteiger partial charge >= 0.3 is 0 Å². The van der Waals surface area contributed by atoms with Crippen LogP contribution in [0.2, 0.25) is 0 Å². The summed E-state index contributed by atoms with van der Waals surface area (Å²) in [5, 5.41) is 5.80. The van der Waals surface area contributed by atoms with E-state index < -0.39 is 0 Å². The third kappa shape index (κ3) is 7.49. The van der Waals surface area contributed by atoms with Gasteiger partial charge in [-0.2, -0.15) is 0 Å². The zero-order valence-corrected chi connectivity index (χ0v) is 15.5. The van der Waals surface area contributed by atoms with Gasteiger partial charge in [-0.05, 0) is 50.2 Å². The quantitative estimate of drug-likeness (QED) is 0.729. The summed E-state index contributed by atoms with van der Waals surface area (Å²) in [6, 6.07) is 17.7. The Labute approximate surface area is 155 Å². The van der Waals surface area contributed by atoms with Crippen molar-refractivity contribution in [1.82, 2.24) is 10.2 Å². The molecule has 2 rings (SSSR count). The summed E-state index contributed by atoms with van der Waals surface area (Å²) in [6.07, 6.45) is 2.24. The van der Waals surface area contributed by atoms with Crippen LogP contribution < -0.4 is 10.6 Å². The highest BCUT2D eigenvalue weighted by Gasteiger charge is 2.05. The van der Waals surface area contributed by atoms with Gasteiger partial charge in [-0.1, -0.05) is 42.5 Å². The topological polar surface area (TPSA) is 61.4 Å². The van der Waals surface area contributed by atoms with Crippen molar-refractivity contribution in [3.63, 3.8) is 0 Å². The standard InChI is InChI=1S/C21H27N3O2/c1-24(2)16-21(26)23-19-12-6-11-18(14-19)15-22-20(25)13-7-10-17-8-4-3-5-9-17/h3-6,8-9,11-12,14H,7,10,13,15-16H2,1-2H3,(H,22,25)(H,23,26). The largest absolute Gasteiger partial charge is 0.352 e. The van der Waals surface area contributed by atoms with Gasteiger partial charge in [-0.15, -0.1) is 0 Å². The second-order valence-electron chi connectivity index (χ2n) is 6.60. The Balaban J connectivity index is 1.73. The van der Waals surface area contributed by atoms with Crippen molar-refractivity contribution < 1.29 is 9.59 Å². The number of amides is 2. The molecule has 0 aliphatic heterocycles. The number of rotatable bonds is 9. The molecule has 0 spiro atoms. The molecule has 2 N–H and O–H groups in total. The molecule has 2 amide bonds. The predicted octanol–water partition coefficient (Wildman–Crippen LogP) is 2.83. The maximum atomic E-state index is 12.0. The SMILES string of the molecule is CN(C)CC(=O)Nc1cccc(CNC(=O)CCCc2ccccc2)c1. The van der Waals surface area contributed by atoms with Crippen LogP contribution in [0.1, 0.15) is 24.0 Å². The number of benzene rings is 2. The Kier molecular flexibility index (Phi) is 7.83. The fourth-order valence-electron chi connectivity index (χ4n) is 2.63. The minimum absolute atomic E-state index is 0.0444. The lowest BCUT2D eigenvalue weighted by atomic mass is 10.1. The van der Waals surface area contributed by atoms with E-state index >= 15 is 0 Å². The summed E-state index contributed by atoms with van der Waals surface area (Å²) >= 11 is 0. The highest BCUT2D eigenvalue weighted by molar-refractivity contribution is 5.92. The molecule has 0 fully saturated rings. The van der Waals surface area contributed by atoms with Gasteiger partial charge in [0.15, 0.2) is 0 Å². The van der Waals surface area contributed by atoms with E-state index in [4.69, 9.17) is 0 Å². The second-order valence-corrected chi connectivity index (χ2v) is 6.60. The van der Waals surface area contributed by atoms with Crippen LogP contribution in [0.3, 0.4) is 0 Å². The van der Waals surface area contributed by atoms with Crippen molar-refractivity contribution in [2.45, 2.75) is 25.8 Å². The Bertz CT molecular complexity index is 714. The number of nitrogens with one attached hydrogen (secondary N) is 2. The molecule has 2 aromatic carbocycles. The molecule has 2 aromatic rings. The van der Waals surface area contributed by atoms with Crippen molar-refractivity contribution in [3.8, 4) is 0 Å². The molecule has 0 unspecified atom stereocenters. The minimum Gasteiger partial charge on any atom is -0.352 e. The molecular formula is C21H27N3O2. The van der Waals surface area contributed by atoms with Crippen LogP contribution in [0.5, 0.6) is 0 Å². The van der Waals surface area contributed by atoms with Gasteiger partial charge < -0.3 is 15.5 Å². The van der Waals surface area contributed by atoms with Gasteiger partial charge in [0.25, 0.3) is 0 Å². The number of likely N-dealkylation sites (N-methyl/N-ethyl adjacent to an activating group) is 1. The summed E-state index contributed by atoms with van der Waals surface area (Å²) in [6.45, 7) is 0.796. The number of nitrogens with zero attached hydrogens (tertiary/aromatic N) is 1. The van der Waals surface area contributed by atoms with Crippen LogP contribution in [0.15, 0.2) is 54.6 Å². The van der Waals surface area contributed by atoms with Crippen LogP contribution in [0.4, 0.5) is 5.69 Å². The van der Waals surface area contributed by atoms with Crippen molar-refractivity contribution in [2.75, 3.05) is 26.0 Å². The molecule has 0 atom stereocenters. The Morgan fingerprint density at radius 3 is 2.38 bits per heavy atom. The summed E-state index contributed by atoms with van der Waals surface area (Å²) < 4.78 is 0. The van der Waals surface area contributed by atoms with Crippen molar-refractivity contribution in [1.29, 1.82) is 0 Å². The van der Waals surface area contributed by atoms with Crippen molar-refractivity contribution in [3.05, 3.63) is 65.7 Å². The third-order valence-corrected chi connectivity index (χ3v) is 3.87. The summed E-state index contributed by atoms with van der Waals surface area (Å²) in [5.74, 6) is -0.0138. The molecular weight excluding hydrogens is 326 g/mol. The Morgan fingerprint density at radius 1 is 0.923 bits per heavy atom. The van der Waals surface area contributed by atoms with E-state index in [0.29, 0.717) is 19.5 Å². The molecule has 0 aromatic heterocycles. The van der Waals surface area contributed by atoms with E-state index in [1.165, 1.54) is 5.56 Å². The number of hydrogen-bond acceptors (Lipinski definition) is 3. The molecule has 0 heterocycles. The molecule has 5 nitrogen and oxygen atoms in total. The monoisotopic (exact) mass is 353 g/mol. The van der Waals surface area contributed by atoms with Crippen LogP contribution in [-0.2, 0) is 22.6 Å². The highest BCUT2D eigenvalue weighted by atomic mass is 16.2. The van der Waals surface area contributed by atoms with E-state index in [1.54, 1.807) is 0 Å². The lowest BCUT2D eigenvalue weighted by Gasteiger charge is -2.11. The molecule has 26 heavy (non-hydrogen) atoms. The maximum Gasteiger partial charge on any atom is 0.238 e. The smallest absolute Gasteiger partial charge is 0.238 e. The van der Waals surface area contributed by atoms with Crippen LogP contribution in [0.25, 0.3) is 0 Å². The van der Waals surface area contributed by atoms with E-state index in [-0.39, 0.29) is 11.8 Å². The average molecular weight is 353 g/mol. The first-order valence-electron chi connectivity index (χ1n) is 8.87. The first-order valence-corrected chi connectivity index (χ1v) is 8.87. The fourth-order valence-corrected chi connectivity index (χ4v) is 2.63. The third-order valence-electron chi connectivity index (χ3n) is 3.87. The van der Waals surface area contributed by atoms with E-state index in [0.717, 1.165) is 24.1 Å². The van der Waals surface area contributed by atoms with Crippen molar-refractivity contribution in [2.24, 2.45) is 0 Å². The fraction of sp³-hybridized carbons (Fsp3) is 0.333. The zero-order chi connectivity index (χ0) is 18.8. The molecule has 0 saturated heterocycles. The van der Waals surface area contributed by atoms with Gasteiger partial charge in [0.1, 0.15) is 0 Å². The summed E-state index contributed by atoms with van der Waals surface area (Å²) in [4.78, 5) is 25.6. The lowest BCUT2D eigenvalue weighted by Crippen LogP contribution is -2.27. The molecule has 0 aliphatic rings. The number of anilines is 1. The Morgan fingerprint density at radius 2 is 1.65 bits per heavy atom. The van der Waals surface area contributed by atoms with Crippen LogP contribution in [-0.4, -0.2) is 37.4 Å². The first-order chi connectivity index (χ1) is 12.5. The van der Waals surface area contributed by atoms with Gasteiger partial charge in [0.2, 0.25) is 11.8 Å². The maximum absolute atomic E-state index is 12.0. The number of hydrogen-bond donors (Lipinski definition) is 2. The second kappa shape index (κ2) is 10.4. The predicted molar refractivity (Wildman–Crippen MR) is 105 cm³/mol. The average Bonchev–Trinajstić information content (AvgIpc) is 2.60. The van der Waals surface area contributed by atoms with Gasteiger partial charge in [0, 0.05) is 18.7 Å². The highest BCUT2D eigenvalue weighted by Crippen LogP contribution is 2.11.